The molecule has 1 aliphatic heterocycles. The summed E-state index contributed by atoms with van der Waals surface area (Å²) < 4.78 is 40.1. The van der Waals surface area contributed by atoms with E-state index in [-0.39, 0.29) is 23.1 Å². The first-order valence-corrected chi connectivity index (χ1v) is 15.6. The highest BCUT2D eigenvalue weighted by Gasteiger charge is 2.27. The maximum atomic E-state index is 13.7. The Labute approximate surface area is 245 Å². The quantitative estimate of drug-likeness (QED) is 0.175. The second-order valence-corrected chi connectivity index (χ2v) is 13.2. The predicted molar refractivity (Wildman–Crippen MR) is 160 cm³/mol. The summed E-state index contributed by atoms with van der Waals surface area (Å²) in [6, 6.07) is 18.8. The number of nitrogens with zero attached hydrogens (tertiary/aromatic N) is 4. The molecule has 0 saturated carbocycles. The summed E-state index contributed by atoms with van der Waals surface area (Å²) in [5, 5.41) is 6.10. The standard InChI is InChI=1S/C28H27BrN4O5S2/c1-32(18-23-4-3-15-38-23)40(35,36)24-12-7-20(8-13-24)27(34)33(30-17-19-5-10-22(37-2)11-6-19)28-31-25-14-9-21(29)16-26(25)39-28/h5-14,16-17,23H,3-4,15,18H2,1-2H3/b30-17+. The second kappa shape index (κ2) is 12.1. The molecule has 1 amide bonds. The van der Waals surface area contributed by atoms with E-state index in [0.29, 0.717) is 17.5 Å². The zero-order valence-electron chi connectivity index (χ0n) is 21.9. The first-order chi connectivity index (χ1) is 19.2. The van der Waals surface area contributed by atoms with Crippen molar-refractivity contribution >= 4 is 64.8 Å². The number of carbonyl (C=O) groups is 1. The summed E-state index contributed by atoms with van der Waals surface area (Å²) in [5.41, 5.74) is 1.77. The molecule has 2 heterocycles. The van der Waals surface area contributed by atoms with Crippen molar-refractivity contribution in [1.82, 2.24) is 9.29 Å². The lowest BCUT2D eigenvalue weighted by Gasteiger charge is -2.20. The van der Waals surface area contributed by atoms with Gasteiger partial charge in [0, 0.05) is 30.2 Å². The largest absolute Gasteiger partial charge is 0.497 e. The van der Waals surface area contributed by atoms with Gasteiger partial charge in [-0.3, -0.25) is 4.79 Å². The number of methoxy groups -OCH3 is 1. The van der Waals surface area contributed by atoms with Crippen LogP contribution in [0.15, 0.2) is 81.2 Å². The van der Waals surface area contributed by atoms with E-state index in [4.69, 9.17) is 9.47 Å². The summed E-state index contributed by atoms with van der Waals surface area (Å²) in [5.74, 6) is 0.262. The lowest BCUT2D eigenvalue weighted by molar-refractivity contribution is 0.0978. The van der Waals surface area contributed by atoms with Crippen molar-refractivity contribution < 1.29 is 22.7 Å². The number of benzene rings is 3. The van der Waals surface area contributed by atoms with Crippen LogP contribution in [0.2, 0.25) is 0 Å². The number of amides is 1. The highest BCUT2D eigenvalue weighted by molar-refractivity contribution is 9.10. The van der Waals surface area contributed by atoms with E-state index in [1.165, 1.54) is 52.0 Å². The van der Waals surface area contributed by atoms with Gasteiger partial charge in [-0.1, -0.05) is 27.3 Å². The van der Waals surface area contributed by atoms with Crippen LogP contribution in [0.5, 0.6) is 5.75 Å². The van der Waals surface area contributed by atoms with Crippen LogP contribution in [0.4, 0.5) is 5.13 Å². The Hall–Kier alpha value is -3.16. The van der Waals surface area contributed by atoms with E-state index in [1.54, 1.807) is 25.5 Å². The molecular formula is C28H27BrN4O5S2. The predicted octanol–water partition coefficient (Wildman–Crippen LogP) is 5.55. The first kappa shape index (κ1) is 28.4. The van der Waals surface area contributed by atoms with Gasteiger partial charge in [0.05, 0.1) is 34.5 Å². The van der Waals surface area contributed by atoms with E-state index >= 15 is 0 Å². The monoisotopic (exact) mass is 642 g/mol. The Morgan fingerprint density at radius 1 is 1.18 bits per heavy atom. The van der Waals surface area contributed by atoms with Crippen LogP contribution in [-0.4, -0.2) is 63.2 Å². The molecule has 9 nitrogen and oxygen atoms in total. The van der Waals surface area contributed by atoms with Crippen LogP contribution >= 0.6 is 27.3 Å². The van der Waals surface area contributed by atoms with E-state index < -0.39 is 15.9 Å². The maximum Gasteiger partial charge on any atom is 0.280 e. The lowest BCUT2D eigenvalue weighted by Crippen LogP contribution is -2.34. The molecule has 40 heavy (non-hydrogen) atoms. The maximum absolute atomic E-state index is 13.7. The third kappa shape index (κ3) is 6.26. The van der Waals surface area contributed by atoms with Crippen molar-refractivity contribution in [3.8, 4) is 5.75 Å². The number of hydrogen-bond acceptors (Lipinski definition) is 8. The number of likely N-dealkylation sites (N-methyl/N-ethyl adjacent to an activating group) is 1. The van der Waals surface area contributed by atoms with E-state index in [9.17, 15) is 13.2 Å². The van der Waals surface area contributed by atoms with E-state index in [2.05, 4.69) is 26.0 Å². The van der Waals surface area contributed by atoms with Gasteiger partial charge in [-0.25, -0.2) is 13.4 Å². The van der Waals surface area contributed by atoms with Crippen molar-refractivity contribution in [3.05, 3.63) is 82.3 Å². The number of anilines is 1. The average molecular weight is 644 g/mol. The van der Waals surface area contributed by atoms with Crippen molar-refractivity contribution in [2.45, 2.75) is 23.8 Å². The fourth-order valence-corrected chi connectivity index (χ4v) is 6.90. The molecule has 0 aliphatic carbocycles. The summed E-state index contributed by atoms with van der Waals surface area (Å²) in [6.45, 7) is 0.934. The molecule has 0 N–H and O–H groups in total. The van der Waals surface area contributed by atoms with E-state index in [1.807, 2.05) is 30.3 Å². The number of carbonyl (C=O) groups excluding carboxylic acids is 1. The highest BCUT2D eigenvalue weighted by atomic mass is 79.9. The molecule has 1 saturated heterocycles. The van der Waals surface area contributed by atoms with Crippen LogP contribution in [0.25, 0.3) is 10.2 Å². The van der Waals surface area contributed by atoms with Gasteiger partial charge in [0.25, 0.3) is 5.91 Å². The van der Waals surface area contributed by atoms with Gasteiger partial charge >= 0.3 is 0 Å². The Morgan fingerprint density at radius 2 is 1.93 bits per heavy atom. The normalized spacial score (nSPS) is 15.8. The van der Waals surface area contributed by atoms with Crippen molar-refractivity contribution in [2.75, 3.05) is 32.3 Å². The zero-order chi connectivity index (χ0) is 28.3. The number of hydrazone groups is 1. The Kier molecular flexibility index (Phi) is 8.62. The van der Waals surface area contributed by atoms with Crippen LogP contribution in [0.1, 0.15) is 28.8 Å². The number of ether oxygens (including phenoxy) is 2. The van der Waals surface area contributed by atoms with Crippen molar-refractivity contribution in [1.29, 1.82) is 0 Å². The number of sulfonamides is 1. The van der Waals surface area contributed by atoms with E-state index in [0.717, 1.165) is 33.1 Å². The van der Waals surface area contributed by atoms with Gasteiger partial charge < -0.3 is 9.47 Å². The fourth-order valence-electron chi connectivity index (χ4n) is 4.22. The second-order valence-electron chi connectivity index (χ2n) is 9.19. The average Bonchev–Trinajstić information content (AvgIpc) is 3.63. The molecule has 12 heteroatoms. The minimum atomic E-state index is -3.74. The van der Waals surface area contributed by atoms with Crippen LogP contribution in [-0.2, 0) is 14.8 Å². The Morgan fingerprint density at radius 3 is 2.60 bits per heavy atom. The van der Waals surface area contributed by atoms with Crippen LogP contribution < -0.4 is 9.75 Å². The first-order valence-electron chi connectivity index (χ1n) is 12.5. The summed E-state index contributed by atoms with van der Waals surface area (Å²) in [7, 11) is -0.611. The molecule has 1 aliphatic rings. The Balaban J connectivity index is 1.43. The van der Waals surface area contributed by atoms with Gasteiger partial charge in [0.15, 0.2) is 0 Å². The summed E-state index contributed by atoms with van der Waals surface area (Å²) >= 11 is 4.80. The molecule has 208 valence electrons. The Bertz CT molecular complexity index is 1630. The molecule has 0 radical (unpaired) electrons. The lowest BCUT2D eigenvalue weighted by atomic mass is 10.2. The number of thiazole rings is 1. The molecule has 4 aromatic rings. The molecule has 1 aromatic heterocycles. The number of hydrogen-bond donors (Lipinski definition) is 0. The number of fused-ring (bicyclic) bond motifs is 1. The minimum Gasteiger partial charge on any atom is -0.497 e. The van der Waals surface area contributed by atoms with Crippen LogP contribution in [0.3, 0.4) is 0 Å². The smallest absolute Gasteiger partial charge is 0.280 e. The molecule has 1 fully saturated rings. The van der Waals surface area contributed by atoms with Gasteiger partial charge in [0.2, 0.25) is 15.2 Å². The minimum absolute atomic E-state index is 0.0997. The van der Waals surface area contributed by atoms with Crippen LogP contribution in [0, 0.1) is 0 Å². The molecule has 0 spiro atoms. The third-order valence-corrected chi connectivity index (χ3v) is 9.77. The van der Waals surface area contributed by atoms with Crippen molar-refractivity contribution in [3.63, 3.8) is 0 Å². The summed E-state index contributed by atoms with van der Waals surface area (Å²) in [4.78, 5) is 18.4. The molecule has 5 rings (SSSR count). The third-order valence-electron chi connectivity index (χ3n) is 6.45. The number of halogens is 1. The SMILES string of the molecule is COc1ccc(/C=N/N(C(=O)c2ccc(S(=O)(=O)N(C)CC3CCCO3)cc2)c2nc3ccc(Br)cc3s2)cc1. The fraction of sp³-hybridized carbons (Fsp3) is 0.250. The molecule has 1 atom stereocenters. The van der Waals surface area contributed by atoms with Gasteiger partial charge in [0.1, 0.15) is 5.75 Å². The topological polar surface area (TPSA) is 101 Å². The van der Waals surface area contributed by atoms with Gasteiger partial charge in [-0.15, -0.1) is 0 Å². The van der Waals surface area contributed by atoms with Crippen molar-refractivity contribution in [2.24, 2.45) is 5.10 Å². The van der Waals surface area contributed by atoms with Gasteiger partial charge in [-0.05, 0) is 85.1 Å². The summed E-state index contributed by atoms with van der Waals surface area (Å²) in [6.07, 6.45) is 3.23. The van der Waals surface area contributed by atoms with Gasteiger partial charge in [-0.2, -0.15) is 14.4 Å². The molecule has 1 unspecified atom stereocenters. The highest BCUT2D eigenvalue weighted by Crippen LogP contribution is 2.32. The molecular weight excluding hydrogens is 616 g/mol. The number of aromatic nitrogens is 1. The molecule has 3 aromatic carbocycles. The molecule has 0 bridgehead atoms. The number of rotatable bonds is 9. The zero-order valence-corrected chi connectivity index (χ0v) is 25.1.